The molecule has 1 saturated carbocycles. The van der Waals surface area contributed by atoms with Gasteiger partial charge in [0.15, 0.2) is 0 Å². The van der Waals surface area contributed by atoms with Crippen molar-refractivity contribution in [1.82, 2.24) is 10.3 Å². The lowest BCUT2D eigenvalue weighted by Gasteiger charge is -2.30. The number of hydrogen-bond acceptors (Lipinski definition) is 6. The highest BCUT2D eigenvalue weighted by Gasteiger charge is 2.25. The lowest BCUT2D eigenvalue weighted by Crippen LogP contribution is -2.41. The number of hydrogen-bond donors (Lipinski definition) is 3. The number of aryl methyl sites for hydroxylation is 1. The van der Waals surface area contributed by atoms with Crippen molar-refractivity contribution in [2.24, 2.45) is 0 Å². The van der Waals surface area contributed by atoms with Crippen molar-refractivity contribution in [1.29, 1.82) is 0 Å². The summed E-state index contributed by atoms with van der Waals surface area (Å²) in [6, 6.07) is 5.53. The number of pyridine rings is 1. The molecule has 0 bridgehead atoms. The number of nitrogens with one attached hydrogen (secondary N) is 1. The predicted octanol–water partition coefficient (Wildman–Crippen LogP) is 3.84. The molecule has 0 aliphatic heterocycles. The van der Waals surface area contributed by atoms with Crippen molar-refractivity contribution >= 4 is 28.5 Å². The minimum Gasteiger partial charge on any atom is -0.490 e. The van der Waals surface area contributed by atoms with Crippen LogP contribution in [-0.4, -0.2) is 46.8 Å². The third kappa shape index (κ3) is 5.48. The van der Waals surface area contributed by atoms with Crippen molar-refractivity contribution < 1.29 is 24.2 Å². The van der Waals surface area contributed by atoms with E-state index in [9.17, 15) is 14.7 Å². The van der Waals surface area contributed by atoms with E-state index in [1.165, 1.54) is 0 Å². The molecule has 2 aromatic rings. The standard InChI is InChI=1S/C24H33N3O5/c1-4-16(5-2)31-13-20(28)27-15-9-11-17(12-10-15)32-19-8-6-7-18-22(19)23(25)21(24(29)30)14(3)26-18/h6-8,15-17H,4-5,9-13H2,1-3H3,(H2,25,26)(H,27,28)(H,29,30). The van der Waals surface area contributed by atoms with Crippen LogP contribution >= 0.6 is 0 Å². The Labute approximate surface area is 188 Å². The van der Waals surface area contributed by atoms with Crippen LogP contribution in [0.3, 0.4) is 0 Å². The zero-order valence-electron chi connectivity index (χ0n) is 19.0. The number of amides is 1. The first-order chi connectivity index (χ1) is 15.3. The summed E-state index contributed by atoms with van der Waals surface area (Å²) >= 11 is 0. The van der Waals surface area contributed by atoms with Crippen molar-refractivity contribution in [2.75, 3.05) is 12.3 Å². The molecule has 32 heavy (non-hydrogen) atoms. The Balaban J connectivity index is 1.61. The summed E-state index contributed by atoms with van der Waals surface area (Å²) in [5.74, 6) is -0.638. The molecule has 1 aromatic heterocycles. The highest BCUT2D eigenvalue weighted by atomic mass is 16.5. The Morgan fingerprint density at radius 2 is 1.91 bits per heavy atom. The maximum Gasteiger partial charge on any atom is 0.339 e. The van der Waals surface area contributed by atoms with Crippen LogP contribution in [0.1, 0.15) is 68.4 Å². The van der Waals surface area contributed by atoms with E-state index < -0.39 is 5.97 Å². The van der Waals surface area contributed by atoms with E-state index in [1.54, 1.807) is 19.1 Å². The van der Waals surface area contributed by atoms with Crippen molar-refractivity contribution in [2.45, 2.75) is 77.5 Å². The average Bonchev–Trinajstić information content (AvgIpc) is 2.75. The van der Waals surface area contributed by atoms with Gasteiger partial charge in [-0.1, -0.05) is 19.9 Å². The summed E-state index contributed by atoms with van der Waals surface area (Å²) in [6.45, 7) is 5.83. The van der Waals surface area contributed by atoms with Gasteiger partial charge in [0.05, 0.1) is 34.5 Å². The summed E-state index contributed by atoms with van der Waals surface area (Å²) in [7, 11) is 0. The quantitative estimate of drug-likeness (QED) is 0.538. The van der Waals surface area contributed by atoms with Gasteiger partial charge in [0.25, 0.3) is 0 Å². The maximum atomic E-state index is 12.2. The van der Waals surface area contributed by atoms with E-state index in [1.807, 2.05) is 6.07 Å². The Morgan fingerprint density at radius 3 is 2.53 bits per heavy atom. The third-order valence-electron chi connectivity index (χ3n) is 6.10. The Morgan fingerprint density at radius 1 is 1.22 bits per heavy atom. The average molecular weight is 444 g/mol. The molecule has 0 atom stereocenters. The molecule has 174 valence electrons. The number of fused-ring (bicyclic) bond motifs is 1. The van der Waals surface area contributed by atoms with Gasteiger partial charge in [-0.3, -0.25) is 9.78 Å². The number of aromatic nitrogens is 1. The number of anilines is 1. The molecular formula is C24H33N3O5. The van der Waals surface area contributed by atoms with E-state index in [2.05, 4.69) is 24.1 Å². The summed E-state index contributed by atoms with van der Waals surface area (Å²) in [5.41, 5.74) is 7.39. The highest BCUT2D eigenvalue weighted by molar-refractivity contribution is 6.06. The summed E-state index contributed by atoms with van der Waals surface area (Å²) in [4.78, 5) is 28.2. The van der Waals surface area contributed by atoms with Crippen LogP contribution in [0.25, 0.3) is 10.9 Å². The normalized spacial score (nSPS) is 18.6. The Bertz CT molecular complexity index is 966. The van der Waals surface area contributed by atoms with Gasteiger partial charge in [-0.15, -0.1) is 0 Å². The predicted molar refractivity (Wildman–Crippen MR) is 123 cm³/mol. The van der Waals surface area contributed by atoms with Gasteiger partial charge in [-0.2, -0.15) is 0 Å². The second-order valence-corrected chi connectivity index (χ2v) is 8.35. The monoisotopic (exact) mass is 443 g/mol. The fourth-order valence-corrected chi connectivity index (χ4v) is 4.30. The van der Waals surface area contributed by atoms with Crippen molar-refractivity contribution in [3.8, 4) is 5.75 Å². The molecule has 3 rings (SSSR count). The molecule has 4 N–H and O–H groups in total. The third-order valence-corrected chi connectivity index (χ3v) is 6.10. The molecule has 1 aliphatic rings. The number of benzene rings is 1. The van der Waals surface area contributed by atoms with Gasteiger partial charge in [-0.05, 0) is 57.6 Å². The number of nitrogen functional groups attached to an aromatic ring is 1. The van der Waals surface area contributed by atoms with Crippen LogP contribution in [0.2, 0.25) is 0 Å². The molecular weight excluding hydrogens is 410 g/mol. The molecule has 8 nitrogen and oxygen atoms in total. The number of carbonyl (C=O) groups excluding carboxylic acids is 1. The first-order valence-corrected chi connectivity index (χ1v) is 11.3. The van der Waals surface area contributed by atoms with E-state index in [-0.39, 0.29) is 42.0 Å². The number of rotatable bonds is 9. The number of carboxylic acids is 1. The van der Waals surface area contributed by atoms with Crippen LogP contribution in [0.4, 0.5) is 5.69 Å². The molecule has 1 aromatic carbocycles. The molecule has 0 unspecified atom stereocenters. The van der Waals surface area contributed by atoms with E-state index in [0.29, 0.717) is 22.3 Å². The van der Waals surface area contributed by atoms with E-state index >= 15 is 0 Å². The molecule has 0 spiro atoms. The zero-order chi connectivity index (χ0) is 23.3. The summed E-state index contributed by atoms with van der Waals surface area (Å²) < 4.78 is 11.9. The van der Waals surface area contributed by atoms with Crippen molar-refractivity contribution in [3.05, 3.63) is 29.5 Å². The van der Waals surface area contributed by atoms with Gasteiger partial charge in [0.1, 0.15) is 17.9 Å². The highest BCUT2D eigenvalue weighted by Crippen LogP contribution is 2.35. The Kier molecular flexibility index (Phi) is 7.90. The molecule has 0 radical (unpaired) electrons. The topological polar surface area (TPSA) is 124 Å². The van der Waals surface area contributed by atoms with Gasteiger partial charge in [0, 0.05) is 6.04 Å². The van der Waals surface area contributed by atoms with E-state index in [0.717, 1.165) is 38.5 Å². The summed E-state index contributed by atoms with van der Waals surface area (Å²) in [5, 5.41) is 13.1. The van der Waals surface area contributed by atoms with Crippen molar-refractivity contribution in [3.63, 3.8) is 0 Å². The maximum absolute atomic E-state index is 12.2. The minimum absolute atomic E-state index is 0.00979. The first kappa shape index (κ1) is 23.8. The van der Waals surface area contributed by atoms with Crippen LogP contribution in [0, 0.1) is 6.92 Å². The Hall–Kier alpha value is -2.87. The molecule has 1 fully saturated rings. The molecule has 1 heterocycles. The SMILES string of the molecule is CCC(CC)OCC(=O)NC1CCC(Oc2cccc3nc(C)c(C(=O)O)c(N)c23)CC1. The molecule has 0 saturated heterocycles. The first-order valence-electron chi connectivity index (χ1n) is 11.3. The van der Waals surface area contributed by atoms with Gasteiger partial charge >= 0.3 is 5.97 Å². The summed E-state index contributed by atoms with van der Waals surface area (Å²) in [6.07, 6.45) is 5.04. The minimum atomic E-state index is -1.10. The van der Waals surface area contributed by atoms with Crippen LogP contribution in [-0.2, 0) is 9.53 Å². The van der Waals surface area contributed by atoms with Crippen LogP contribution in [0.15, 0.2) is 18.2 Å². The number of carbonyl (C=O) groups is 2. The zero-order valence-corrected chi connectivity index (χ0v) is 19.0. The van der Waals surface area contributed by atoms with Gasteiger partial charge < -0.3 is 25.6 Å². The van der Waals surface area contributed by atoms with E-state index in [4.69, 9.17) is 15.2 Å². The lowest BCUT2D eigenvalue weighted by molar-refractivity contribution is -0.128. The number of aromatic carboxylic acids is 1. The molecule has 1 aliphatic carbocycles. The van der Waals surface area contributed by atoms with Crippen LogP contribution < -0.4 is 15.8 Å². The molecule has 1 amide bonds. The smallest absolute Gasteiger partial charge is 0.339 e. The van der Waals surface area contributed by atoms with Crippen LogP contribution in [0.5, 0.6) is 5.75 Å². The molecule has 8 heteroatoms. The second kappa shape index (κ2) is 10.6. The number of nitrogens with zero attached hydrogens (tertiary/aromatic N) is 1. The fourth-order valence-electron chi connectivity index (χ4n) is 4.30. The fraction of sp³-hybridized carbons (Fsp3) is 0.542. The number of nitrogens with two attached hydrogens (primary N) is 1. The number of carboxylic acid groups (broad SMARTS) is 1. The number of ether oxygens (including phenoxy) is 2. The lowest BCUT2D eigenvalue weighted by atomic mass is 9.93. The van der Waals surface area contributed by atoms with Gasteiger partial charge in [-0.25, -0.2) is 4.79 Å². The largest absolute Gasteiger partial charge is 0.490 e. The second-order valence-electron chi connectivity index (χ2n) is 8.35. The van der Waals surface area contributed by atoms with Gasteiger partial charge in [0.2, 0.25) is 5.91 Å².